The summed E-state index contributed by atoms with van der Waals surface area (Å²) in [5.74, 6) is 0. The maximum atomic E-state index is 11.9. The van der Waals surface area contributed by atoms with Gasteiger partial charge in [0.1, 0.15) is 6.67 Å². The molecule has 0 saturated carbocycles. The van der Waals surface area contributed by atoms with Gasteiger partial charge in [-0.05, 0) is 6.42 Å². The number of carbonyl (C=O) groups is 1. The normalized spacial score (nSPS) is 24.2. The first kappa shape index (κ1) is 9.25. The Bertz CT molecular complexity index is 165. The number of hydrogen-bond donors (Lipinski definition) is 2. The summed E-state index contributed by atoms with van der Waals surface area (Å²) < 4.78 is 11.9. The Morgan fingerprint density at radius 1 is 1.75 bits per heavy atom. The van der Waals surface area contributed by atoms with Gasteiger partial charge in [-0.25, -0.2) is 9.18 Å². The van der Waals surface area contributed by atoms with Gasteiger partial charge in [-0.2, -0.15) is 0 Å². The Morgan fingerprint density at radius 3 is 3.08 bits per heavy atom. The minimum Gasteiger partial charge on any atom is -0.465 e. The number of nitrogens with zero attached hydrogens (tertiary/aromatic N) is 1. The molecule has 4 nitrogen and oxygen atoms in total. The summed E-state index contributed by atoms with van der Waals surface area (Å²) in [7, 11) is 0. The fourth-order valence-corrected chi connectivity index (χ4v) is 1.45. The van der Waals surface area contributed by atoms with Crippen molar-refractivity contribution in [2.24, 2.45) is 0 Å². The third kappa shape index (κ3) is 2.65. The lowest BCUT2D eigenvalue weighted by Gasteiger charge is -2.13. The zero-order valence-electron chi connectivity index (χ0n) is 6.79. The molecule has 12 heavy (non-hydrogen) atoms. The molecule has 1 aliphatic heterocycles. The van der Waals surface area contributed by atoms with Gasteiger partial charge in [0.05, 0.1) is 0 Å². The Kier molecular flexibility index (Phi) is 3.28. The Morgan fingerprint density at radius 2 is 2.50 bits per heavy atom. The van der Waals surface area contributed by atoms with E-state index in [1.54, 1.807) is 0 Å². The van der Waals surface area contributed by atoms with Gasteiger partial charge in [-0.15, -0.1) is 0 Å². The minimum absolute atomic E-state index is 0.0194. The van der Waals surface area contributed by atoms with E-state index in [0.29, 0.717) is 13.1 Å². The second kappa shape index (κ2) is 4.25. The second-order valence-corrected chi connectivity index (χ2v) is 2.92. The molecule has 1 rings (SSSR count). The number of carboxylic acid groups (broad SMARTS) is 1. The molecule has 0 aromatic heterocycles. The van der Waals surface area contributed by atoms with Gasteiger partial charge in [0, 0.05) is 25.7 Å². The highest BCUT2D eigenvalue weighted by atomic mass is 19.1. The molecule has 0 spiro atoms. The summed E-state index contributed by atoms with van der Waals surface area (Å²) in [4.78, 5) is 12.1. The SMILES string of the molecule is O=C(O)N[C@@H]1CCN(CCF)C1. The highest BCUT2D eigenvalue weighted by Crippen LogP contribution is 2.07. The van der Waals surface area contributed by atoms with E-state index in [0.717, 1.165) is 13.0 Å². The Hall–Kier alpha value is -0.840. The quantitative estimate of drug-likeness (QED) is 0.650. The van der Waals surface area contributed by atoms with Gasteiger partial charge in [-0.1, -0.05) is 0 Å². The third-order valence-electron chi connectivity index (χ3n) is 2.00. The zero-order valence-corrected chi connectivity index (χ0v) is 6.79. The lowest BCUT2D eigenvalue weighted by atomic mass is 10.3. The number of hydrogen-bond acceptors (Lipinski definition) is 2. The van der Waals surface area contributed by atoms with Crippen LogP contribution in [0.15, 0.2) is 0 Å². The number of rotatable bonds is 3. The van der Waals surface area contributed by atoms with E-state index in [-0.39, 0.29) is 12.7 Å². The summed E-state index contributed by atoms with van der Waals surface area (Å²) in [5.41, 5.74) is 0. The molecule has 0 bridgehead atoms. The van der Waals surface area contributed by atoms with Gasteiger partial charge >= 0.3 is 6.09 Å². The lowest BCUT2D eigenvalue weighted by Crippen LogP contribution is -2.36. The number of amides is 1. The maximum Gasteiger partial charge on any atom is 0.404 e. The Balaban J connectivity index is 2.21. The highest BCUT2D eigenvalue weighted by Gasteiger charge is 2.22. The van der Waals surface area contributed by atoms with Crippen molar-refractivity contribution in [3.63, 3.8) is 0 Å². The Labute approximate surface area is 70.4 Å². The van der Waals surface area contributed by atoms with Crippen molar-refractivity contribution in [1.29, 1.82) is 0 Å². The molecule has 1 amide bonds. The van der Waals surface area contributed by atoms with Crippen LogP contribution in [0.25, 0.3) is 0 Å². The van der Waals surface area contributed by atoms with Gasteiger partial charge < -0.3 is 10.4 Å². The van der Waals surface area contributed by atoms with Crippen LogP contribution in [-0.2, 0) is 0 Å². The molecule has 0 aliphatic carbocycles. The van der Waals surface area contributed by atoms with Crippen LogP contribution in [0, 0.1) is 0 Å². The van der Waals surface area contributed by atoms with Crippen LogP contribution in [0.5, 0.6) is 0 Å². The van der Waals surface area contributed by atoms with Crippen LogP contribution >= 0.6 is 0 Å². The molecule has 0 radical (unpaired) electrons. The fraction of sp³-hybridized carbons (Fsp3) is 0.857. The van der Waals surface area contributed by atoms with Crippen LogP contribution in [-0.4, -0.2) is 48.5 Å². The van der Waals surface area contributed by atoms with Crippen molar-refractivity contribution in [2.45, 2.75) is 12.5 Å². The average molecular weight is 176 g/mol. The molecule has 5 heteroatoms. The van der Waals surface area contributed by atoms with E-state index in [9.17, 15) is 9.18 Å². The first-order valence-electron chi connectivity index (χ1n) is 4.00. The van der Waals surface area contributed by atoms with Crippen LogP contribution < -0.4 is 5.32 Å². The van der Waals surface area contributed by atoms with E-state index in [1.165, 1.54) is 0 Å². The number of likely N-dealkylation sites (tertiary alicyclic amines) is 1. The van der Waals surface area contributed by atoms with Crippen molar-refractivity contribution in [1.82, 2.24) is 10.2 Å². The molecule has 1 aliphatic rings. The summed E-state index contributed by atoms with van der Waals surface area (Å²) in [6.07, 6.45) is -0.214. The molecule has 1 atom stereocenters. The van der Waals surface area contributed by atoms with E-state index in [1.807, 2.05) is 4.90 Å². The van der Waals surface area contributed by atoms with E-state index < -0.39 is 6.09 Å². The van der Waals surface area contributed by atoms with Gasteiger partial charge in [0.25, 0.3) is 0 Å². The van der Waals surface area contributed by atoms with E-state index in [2.05, 4.69) is 5.32 Å². The molecule has 2 N–H and O–H groups in total. The largest absolute Gasteiger partial charge is 0.465 e. The molecule has 0 unspecified atom stereocenters. The van der Waals surface area contributed by atoms with Crippen molar-refractivity contribution >= 4 is 6.09 Å². The van der Waals surface area contributed by atoms with Crippen LogP contribution in [0.3, 0.4) is 0 Å². The number of nitrogens with one attached hydrogen (secondary N) is 1. The highest BCUT2D eigenvalue weighted by molar-refractivity contribution is 5.64. The van der Waals surface area contributed by atoms with Crippen molar-refractivity contribution in [3.05, 3.63) is 0 Å². The van der Waals surface area contributed by atoms with Crippen LogP contribution in [0.2, 0.25) is 0 Å². The first-order chi connectivity index (χ1) is 5.72. The predicted molar refractivity (Wildman–Crippen MR) is 42.0 cm³/mol. The minimum atomic E-state index is -0.998. The number of halogens is 1. The predicted octanol–water partition coefficient (Wildman–Crippen LogP) is 0.298. The molecular formula is C7H13FN2O2. The zero-order chi connectivity index (χ0) is 8.97. The topological polar surface area (TPSA) is 52.6 Å². The van der Waals surface area contributed by atoms with Crippen LogP contribution in [0.4, 0.5) is 9.18 Å². The van der Waals surface area contributed by atoms with Crippen molar-refractivity contribution in [3.8, 4) is 0 Å². The molecule has 1 fully saturated rings. The lowest BCUT2D eigenvalue weighted by molar-refractivity contribution is 0.189. The van der Waals surface area contributed by atoms with Gasteiger partial charge in [-0.3, -0.25) is 4.90 Å². The summed E-state index contributed by atoms with van der Waals surface area (Å²) in [6.45, 7) is 1.47. The van der Waals surface area contributed by atoms with Crippen molar-refractivity contribution < 1.29 is 14.3 Å². The van der Waals surface area contributed by atoms with E-state index in [4.69, 9.17) is 5.11 Å². The molecule has 0 aromatic rings. The molecule has 1 heterocycles. The average Bonchev–Trinajstić information content (AvgIpc) is 2.36. The van der Waals surface area contributed by atoms with Gasteiger partial charge in [0.15, 0.2) is 0 Å². The van der Waals surface area contributed by atoms with Gasteiger partial charge in [0.2, 0.25) is 0 Å². The summed E-state index contributed by atoms with van der Waals surface area (Å²) in [5, 5.41) is 10.8. The molecule has 1 saturated heterocycles. The second-order valence-electron chi connectivity index (χ2n) is 2.92. The molecular weight excluding hydrogens is 163 g/mol. The summed E-state index contributed by atoms with van der Waals surface area (Å²) in [6, 6.07) is -0.0194. The molecule has 0 aromatic carbocycles. The monoisotopic (exact) mass is 176 g/mol. The third-order valence-corrected chi connectivity index (χ3v) is 2.00. The van der Waals surface area contributed by atoms with E-state index >= 15 is 0 Å². The standard InChI is InChI=1S/C7H13FN2O2/c8-2-4-10-3-1-6(5-10)9-7(11)12/h6,9H,1-5H2,(H,11,12)/t6-/m1/s1. The van der Waals surface area contributed by atoms with Crippen LogP contribution in [0.1, 0.15) is 6.42 Å². The van der Waals surface area contributed by atoms with Crippen molar-refractivity contribution in [2.75, 3.05) is 26.3 Å². The maximum absolute atomic E-state index is 11.9. The first-order valence-corrected chi connectivity index (χ1v) is 4.00. The fourth-order valence-electron chi connectivity index (χ4n) is 1.45. The summed E-state index contributed by atoms with van der Waals surface area (Å²) >= 11 is 0. The number of alkyl halides is 1. The smallest absolute Gasteiger partial charge is 0.404 e. The molecule has 70 valence electrons.